The normalized spacial score (nSPS) is 12.3. The molecule has 1 atom stereocenters. The van der Waals surface area contributed by atoms with Crippen LogP contribution >= 0.6 is 0 Å². The van der Waals surface area contributed by atoms with Gasteiger partial charge in [-0.3, -0.25) is 0 Å². The minimum Gasteiger partial charge on any atom is -0.396 e. The van der Waals surface area contributed by atoms with E-state index in [1.165, 1.54) is 0 Å². The van der Waals surface area contributed by atoms with Crippen LogP contribution in [-0.2, 0) is 0 Å². The van der Waals surface area contributed by atoms with E-state index in [0.29, 0.717) is 6.54 Å². The molecule has 0 spiro atoms. The molecule has 2 amide bonds. The van der Waals surface area contributed by atoms with E-state index in [1.54, 1.807) is 7.05 Å². The van der Waals surface area contributed by atoms with Crippen molar-refractivity contribution in [2.45, 2.75) is 6.92 Å². The van der Waals surface area contributed by atoms with Crippen LogP contribution in [-0.4, -0.2) is 31.3 Å². The van der Waals surface area contributed by atoms with Crippen molar-refractivity contribution < 1.29 is 9.90 Å². The minimum atomic E-state index is -0.208. The Balaban J connectivity index is 3.26. The Morgan fingerprint density at radius 1 is 1.70 bits per heavy atom. The molecule has 1 unspecified atom stereocenters. The monoisotopic (exact) mass is 146 g/mol. The summed E-state index contributed by atoms with van der Waals surface area (Å²) in [7, 11) is 1.55. The van der Waals surface area contributed by atoms with Gasteiger partial charge in [-0.25, -0.2) is 4.79 Å². The lowest BCUT2D eigenvalue weighted by Gasteiger charge is -2.08. The maximum Gasteiger partial charge on any atom is 0.314 e. The lowest BCUT2D eigenvalue weighted by molar-refractivity contribution is 0.223. The number of aliphatic hydroxyl groups excluding tert-OH is 1. The van der Waals surface area contributed by atoms with Gasteiger partial charge in [0, 0.05) is 20.2 Å². The zero-order valence-electron chi connectivity index (χ0n) is 6.35. The predicted molar refractivity (Wildman–Crippen MR) is 38.7 cm³/mol. The SMILES string of the molecule is CNC(=O)NCC(C)CO. The van der Waals surface area contributed by atoms with Crippen molar-refractivity contribution >= 4 is 6.03 Å². The molecule has 60 valence electrons. The number of urea groups is 1. The highest BCUT2D eigenvalue weighted by atomic mass is 16.3. The van der Waals surface area contributed by atoms with Gasteiger partial charge in [0.05, 0.1) is 0 Å². The van der Waals surface area contributed by atoms with Crippen LogP contribution in [0.5, 0.6) is 0 Å². The molecule has 0 aliphatic rings. The van der Waals surface area contributed by atoms with Crippen molar-refractivity contribution in [3.8, 4) is 0 Å². The predicted octanol–water partition coefficient (Wildman–Crippen LogP) is -0.456. The van der Waals surface area contributed by atoms with Crippen LogP contribution in [0.25, 0.3) is 0 Å². The number of hydrogen-bond acceptors (Lipinski definition) is 2. The third kappa shape index (κ3) is 4.14. The molecular formula is C6H14N2O2. The number of carbonyl (C=O) groups is 1. The summed E-state index contributed by atoms with van der Waals surface area (Å²) in [5, 5.41) is 13.5. The van der Waals surface area contributed by atoms with E-state index in [0.717, 1.165) is 0 Å². The quantitative estimate of drug-likeness (QED) is 0.504. The van der Waals surface area contributed by atoms with Gasteiger partial charge in [0.1, 0.15) is 0 Å². The zero-order chi connectivity index (χ0) is 7.98. The molecule has 0 aliphatic heterocycles. The Kier molecular flexibility index (Phi) is 4.66. The highest BCUT2D eigenvalue weighted by Crippen LogP contribution is 1.87. The molecule has 0 aromatic rings. The second-order valence-corrected chi connectivity index (χ2v) is 2.25. The van der Waals surface area contributed by atoms with Gasteiger partial charge in [-0.15, -0.1) is 0 Å². The Bertz CT molecular complexity index is 106. The summed E-state index contributed by atoms with van der Waals surface area (Å²) in [6, 6.07) is -0.208. The molecule has 0 heterocycles. The van der Waals surface area contributed by atoms with Gasteiger partial charge in [0.15, 0.2) is 0 Å². The molecule has 0 aromatic heterocycles. The van der Waals surface area contributed by atoms with E-state index in [9.17, 15) is 4.79 Å². The molecule has 0 saturated heterocycles. The molecule has 0 saturated carbocycles. The van der Waals surface area contributed by atoms with Gasteiger partial charge in [-0.2, -0.15) is 0 Å². The number of carbonyl (C=O) groups excluding carboxylic acids is 1. The van der Waals surface area contributed by atoms with Crippen LogP contribution in [0.2, 0.25) is 0 Å². The molecule has 4 nitrogen and oxygen atoms in total. The van der Waals surface area contributed by atoms with E-state index < -0.39 is 0 Å². The molecule has 10 heavy (non-hydrogen) atoms. The highest BCUT2D eigenvalue weighted by molar-refractivity contribution is 5.73. The van der Waals surface area contributed by atoms with Crippen molar-refractivity contribution in [2.24, 2.45) is 5.92 Å². The van der Waals surface area contributed by atoms with Crippen molar-refractivity contribution in [1.82, 2.24) is 10.6 Å². The van der Waals surface area contributed by atoms with Crippen molar-refractivity contribution in [2.75, 3.05) is 20.2 Å². The van der Waals surface area contributed by atoms with Crippen LogP contribution in [0, 0.1) is 5.92 Å². The van der Waals surface area contributed by atoms with Crippen LogP contribution in [0.4, 0.5) is 4.79 Å². The van der Waals surface area contributed by atoms with Crippen molar-refractivity contribution in [3.05, 3.63) is 0 Å². The summed E-state index contributed by atoms with van der Waals surface area (Å²) in [4.78, 5) is 10.5. The Labute approximate surface area is 60.6 Å². The smallest absolute Gasteiger partial charge is 0.314 e. The second-order valence-electron chi connectivity index (χ2n) is 2.25. The highest BCUT2D eigenvalue weighted by Gasteiger charge is 2.00. The largest absolute Gasteiger partial charge is 0.396 e. The number of amides is 2. The lowest BCUT2D eigenvalue weighted by atomic mass is 10.2. The fraction of sp³-hybridized carbons (Fsp3) is 0.833. The maximum atomic E-state index is 10.5. The summed E-state index contributed by atoms with van der Waals surface area (Å²) in [5.41, 5.74) is 0. The minimum absolute atomic E-state index is 0.101. The number of rotatable bonds is 3. The summed E-state index contributed by atoms with van der Waals surface area (Å²) in [5.74, 6) is 0.122. The number of hydrogen-bond donors (Lipinski definition) is 3. The average molecular weight is 146 g/mol. The Morgan fingerprint density at radius 2 is 2.30 bits per heavy atom. The molecule has 0 bridgehead atoms. The van der Waals surface area contributed by atoms with Gasteiger partial charge in [-0.05, 0) is 5.92 Å². The number of aliphatic hydroxyl groups is 1. The topological polar surface area (TPSA) is 61.4 Å². The molecule has 0 radical (unpaired) electrons. The molecule has 0 rings (SSSR count). The van der Waals surface area contributed by atoms with Gasteiger partial charge in [0.2, 0.25) is 0 Å². The summed E-state index contributed by atoms with van der Waals surface area (Å²) >= 11 is 0. The molecular weight excluding hydrogens is 132 g/mol. The summed E-state index contributed by atoms with van der Waals surface area (Å²) in [6.07, 6.45) is 0. The third-order valence-electron chi connectivity index (χ3n) is 1.15. The van der Waals surface area contributed by atoms with Crippen LogP contribution < -0.4 is 10.6 Å². The standard InChI is InChI=1S/C6H14N2O2/c1-5(4-9)3-8-6(10)7-2/h5,9H,3-4H2,1-2H3,(H2,7,8,10). The molecule has 0 aliphatic carbocycles. The molecule has 0 fully saturated rings. The first-order valence-electron chi connectivity index (χ1n) is 3.27. The molecule has 3 N–H and O–H groups in total. The zero-order valence-corrected chi connectivity index (χ0v) is 6.35. The van der Waals surface area contributed by atoms with E-state index in [2.05, 4.69) is 10.6 Å². The van der Waals surface area contributed by atoms with Crippen LogP contribution in [0.15, 0.2) is 0 Å². The summed E-state index contributed by atoms with van der Waals surface area (Å²) in [6.45, 7) is 2.47. The maximum absolute atomic E-state index is 10.5. The van der Waals surface area contributed by atoms with Gasteiger partial charge < -0.3 is 15.7 Å². The van der Waals surface area contributed by atoms with Crippen molar-refractivity contribution in [3.63, 3.8) is 0 Å². The first-order chi connectivity index (χ1) is 4.70. The summed E-state index contributed by atoms with van der Waals surface area (Å²) < 4.78 is 0. The second kappa shape index (κ2) is 5.05. The molecule has 0 aromatic carbocycles. The van der Waals surface area contributed by atoms with E-state index in [-0.39, 0.29) is 18.6 Å². The van der Waals surface area contributed by atoms with E-state index in [4.69, 9.17) is 5.11 Å². The number of nitrogens with one attached hydrogen (secondary N) is 2. The van der Waals surface area contributed by atoms with Gasteiger partial charge in [0.25, 0.3) is 0 Å². The van der Waals surface area contributed by atoms with E-state index >= 15 is 0 Å². The fourth-order valence-corrected chi connectivity index (χ4v) is 0.420. The van der Waals surface area contributed by atoms with Crippen molar-refractivity contribution in [1.29, 1.82) is 0 Å². The van der Waals surface area contributed by atoms with Crippen LogP contribution in [0.1, 0.15) is 6.92 Å². The first-order valence-corrected chi connectivity index (χ1v) is 3.27. The fourth-order valence-electron chi connectivity index (χ4n) is 0.420. The Morgan fingerprint density at radius 3 is 2.70 bits per heavy atom. The van der Waals surface area contributed by atoms with E-state index in [1.807, 2.05) is 6.92 Å². The first kappa shape index (κ1) is 9.23. The van der Waals surface area contributed by atoms with Gasteiger partial charge in [-0.1, -0.05) is 6.92 Å². The van der Waals surface area contributed by atoms with Gasteiger partial charge >= 0.3 is 6.03 Å². The lowest BCUT2D eigenvalue weighted by Crippen LogP contribution is -2.36. The average Bonchev–Trinajstić information content (AvgIpc) is 1.99. The molecule has 4 heteroatoms. The third-order valence-corrected chi connectivity index (χ3v) is 1.15. The Hall–Kier alpha value is -0.770. The van der Waals surface area contributed by atoms with Crippen LogP contribution in [0.3, 0.4) is 0 Å².